The fourth-order valence-electron chi connectivity index (χ4n) is 4.49. The minimum Gasteiger partial charge on any atom is -0.507 e. The van der Waals surface area contributed by atoms with Crippen LogP contribution in [-0.2, 0) is 14.3 Å². The highest BCUT2D eigenvalue weighted by atomic mass is 16.5. The van der Waals surface area contributed by atoms with Gasteiger partial charge >= 0.3 is 0 Å². The first-order chi connectivity index (χ1) is 17.1. The second-order valence-electron chi connectivity index (χ2n) is 8.81. The summed E-state index contributed by atoms with van der Waals surface area (Å²) in [6.07, 6.45) is 5.83. The maximum atomic E-state index is 13.1. The molecular formula is C27H33N3O5. The molecule has 3 heterocycles. The van der Waals surface area contributed by atoms with Crippen molar-refractivity contribution in [1.29, 1.82) is 0 Å². The van der Waals surface area contributed by atoms with Crippen LogP contribution in [0.4, 0.5) is 0 Å². The zero-order valence-electron chi connectivity index (χ0n) is 20.2. The number of nitrogens with zero attached hydrogens (tertiary/aromatic N) is 3. The van der Waals surface area contributed by atoms with Crippen molar-refractivity contribution < 1.29 is 24.2 Å². The molecule has 1 atom stereocenters. The molecule has 1 unspecified atom stereocenters. The lowest BCUT2D eigenvalue weighted by Crippen LogP contribution is -2.38. The predicted molar refractivity (Wildman–Crippen MR) is 132 cm³/mol. The van der Waals surface area contributed by atoms with Gasteiger partial charge in [0, 0.05) is 44.1 Å². The Kier molecular flexibility index (Phi) is 8.50. The van der Waals surface area contributed by atoms with E-state index in [1.165, 1.54) is 0 Å². The average molecular weight is 480 g/mol. The van der Waals surface area contributed by atoms with Gasteiger partial charge in [0.25, 0.3) is 11.7 Å². The molecule has 2 aliphatic heterocycles. The molecule has 35 heavy (non-hydrogen) atoms. The molecule has 186 valence electrons. The zero-order chi connectivity index (χ0) is 24.6. The van der Waals surface area contributed by atoms with Gasteiger partial charge in [-0.25, -0.2) is 0 Å². The van der Waals surface area contributed by atoms with E-state index in [2.05, 4.69) is 16.8 Å². The van der Waals surface area contributed by atoms with Crippen LogP contribution < -0.4 is 4.74 Å². The second-order valence-corrected chi connectivity index (χ2v) is 8.81. The van der Waals surface area contributed by atoms with Crippen LogP contribution in [0.1, 0.15) is 43.4 Å². The van der Waals surface area contributed by atoms with Gasteiger partial charge in [0.2, 0.25) is 0 Å². The Hall–Kier alpha value is -3.23. The fourth-order valence-corrected chi connectivity index (χ4v) is 4.49. The number of unbranched alkanes of at least 4 members (excludes halogenated alkanes) is 1. The summed E-state index contributed by atoms with van der Waals surface area (Å²) >= 11 is 0. The minimum atomic E-state index is -0.669. The van der Waals surface area contributed by atoms with E-state index in [4.69, 9.17) is 9.47 Å². The summed E-state index contributed by atoms with van der Waals surface area (Å²) < 4.78 is 11.2. The van der Waals surface area contributed by atoms with Crippen molar-refractivity contribution in [2.75, 3.05) is 46.0 Å². The molecule has 1 N–H and O–H groups in total. The molecule has 0 saturated carbocycles. The standard InChI is InChI=1S/C27H33N3O5/c1-2-3-17-35-22-7-5-20(6-8-22)24-23(25(31)21-9-11-28-12-10-21)26(32)27(33)30(24)14-4-13-29-15-18-34-19-16-29/h5-12,24,31H,2-4,13-19H2,1H3. The molecule has 0 radical (unpaired) electrons. The van der Waals surface area contributed by atoms with E-state index >= 15 is 0 Å². The van der Waals surface area contributed by atoms with E-state index in [1.807, 2.05) is 24.3 Å². The number of ether oxygens (including phenoxy) is 2. The van der Waals surface area contributed by atoms with Crippen molar-refractivity contribution in [3.05, 3.63) is 65.5 Å². The van der Waals surface area contributed by atoms with Crippen molar-refractivity contribution in [3.63, 3.8) is 0 Å². The van der Waals surface area contributed by atoms with Gasteiger partial charge < -0.3 is 19.5 Å². The molecule has 2 saturated heterocycles. The predicted octanol–water partition coefficient (Wildman–Crippen LogP) is 3.40. The number of likely N-dealkylation sites (tertiary alicyclic amines) is 1. The molecule has 0 bridgehead atoms. The summed E-state index contributed by atoms with van der Waals surface area (Å²) in [5.74, 6) is -0.704. The number of benzene rings is 1. The quantitative estimate of drug-likeness (QED) is 0.242. The van der Waals surface area contributed by atoms with Gasteiger partial charge in [0.05, 0.1) is 31.4 Å². The summed E-state index contributed by atoms with van der Waals surface area (Å²) in [4.78, 5) is 34.1. The van der Waals surface area contributed by atoms with Crippen LogP contribution in [0, 0.1) is 0 Å². The van der Waals surface area contributed by atoms with Crippen LogP contribution in [0.15, 0.2) is 54.4 Å². The highest BCUT2D eigenvalue weighted by Crippen LogP contribution is 2.39. The smallest absolute Gasteiger partial charge is 0.295 e. The Labute approximate surface area is 206 Å². The molecule has 2 aliphatic rings. The highest BCUT2D eigenvalue weighted by Gasteiger charge is 2.45. The SMILES string of the molecule is CCCCOc1ccc(C2C(=C(O)c3ccncc3)C(=O)C(=O)N2CCCN2CCOCC2)cc1. The Morgan fingerprint density at radius 1 is 1.06 bits per heavy atom. The van der Waals surface area contributed by atoms with Crippen LogP contribution in [0.3, 0.4) is 0 Å². The zero-order valence-corrected chi connectivity index (χ0v) is 20.2. The minimum absolute atomic E-state index is 0.104. The number of pyridine rings is 1. The van der Waals surface area contributed by atoms with Gasteiger partial charge in [0.1, 0.15) is 11.5 Å². The normalized spacial score (nSPS) is 20.4. The van der Waals surface area contributed by atoms with Gasteiger partial charge in [-0.05, 0) is 42.7 Å². The Bertz CT molecular complexity index is 1030. The fraction of sp³-hybridized carbons (Fsp3) is 0.444. The summed E-state index contributed by atoms with van der Waals surface area (Å²) in [6, 6.07) is 10.0. The maximum Gasteiger partial charge on any atom is 0.295 e. The lowest BCUT2D eigenvalue weighted by molar-refractivity contribution is -0.140. The van der Waals surface area contributed by atoms with Crippen LogP contribution in [-0.4, -0.2) is 77.6 Å². The lowest BCUT2D eigenvalue weighted by Gasteiger charge is -2.29. The molecule has 2 aromatic rings. The van der Waals surface area contributed by atoms with Gasteiger partial charge in [0.15, 0.2) is 0 Å². The van der Waals surface area contributed by atoms with Gasteiger partial charge in [-0.15, -0.1) is 0 Å². The molecule has 8 nitrogen and oxygen atoms in total. The molecule has 2 fully saturated rings. The van der Waals surface area contributed by atoms with Gasteiger partial charge in [-0.3, -0.25) is 19.5 Å². The Morgan fingerprint density at radius 2 is 1.77 bits per heavy atom. The summed E-state index contributed by atoms with van der Waals surface area (Å²) in [6.45, 7) is 7.12. The summed E-state index contributed by atoms with van der Waals surface area (Å²) in [5, 5.41) is 11.1. The number of carbonyl (C=O) groups excluding carboxylic acids is 2. The number of morpholine rings is 1. The van der Waals surface area contributed by atoms with Crippen molar-refractivity contribution in [1.82, 2.24) is 14.8 Å². The summed E-state index contributed by atoms with van der Waals surface area (Å²) in [7, 11) is 0. The number of ketones is 1. The van der Waals surface area contributed by atoms with Gasteiger partial charge in [-0.1, -0.05) is 25.5 Å². The van der Waals surface area contributed by atoms with Crippen LogP contribution in [0.25, 0.3) is 5.76 Å². The number of rotatable bonds is 10. The molecule has 1 aromatic carbocycles. The first-order valence-corrected chi connectivity index (χ1v) is 12.3. The molecule has 1 amide bonds. The molecule has 0 spiro atoms. The number of aliphatic hydroxyl groups excluding tert-OH is 1. The number of Topliss-reactive ketones (excluding diaryl/α,β-unsaturated/α-hetero) is 1. The largest absolute Gasteiger partial charge is 0.507 e. The number of aromatic nitrogens is 1. The third kappa shape index (κ3) is 5.89. The van der Waals surface area contributed by atoms with Crippen LogP contribution in [0.5, 0.6) is 5.75 Å². The number of hydrogen-bond acceptors (Lipinski definition) is 7. The number of amides is 1. The number of carbonyl (C=O) groups is 2. The van der Waals surface area contributed by atoms with Gasteiger partial charge in [-0.2, -0.15) is 0 Å². The average Bonchev–Trinajstić information content (AvgIpc) is 3.15. The number of hydrogen-bond donors (Lipinski definition) is 1. The summed E-state index contributed by atoms with van der Waals surface area (Å²) in [5.41, 5.74) is 1.32. The topological polar surface area (TPSA) is 92.2 Å². The van der Waals surface area contributed by atoms with E-state index in [1.54, 1.807) is 29.4 Å². The van der Waals surface area contributed by atoms with E-state index in [0.29, 0.717) is 31.9 Å². The molecule has 4 rings (SSSR count). The van der Waals surface area contributed by atoms with E-state index < -0.39 is 17.7 Å². The first-order valence-electron chi connectivity index (χ1n) is 12.3. The molecule has 1 aromatic heterocycles. The second kappa shape index (κ2) is 12.0. The first kappa shape index (κ1) is 24.9. The maximum absolute atomic E-state index is 13.1. The highest BCUT2D eigenvalue weighted by molar-refractivity contribution is 6.46. The van der Waals surface area contributed by atoms with E-state index in [0.717, 1.165) is 50.2 Å². The molecule has 0 aliphatic carbocycles. The van der Waals surface area contributed by atoms with Crippen molar-refractivity contribution in [3.8, 4) is 5.75 Å². The molecular weight excluding hydrogens is 446 g/mol. The van der Waals surface area contributed by atoms with Crippen molar-refractivity contribution in [2.45, 2.75) is 32.2 Å². The molecule has 8 heteroatoms. The number of aliphatic hydroxyl groups is 1. The van der Waals surface area contributed by atoms with Crippen LogP contribution >= 0.6 is 0 Å². The monoisotopic (exact) mass is 479 g/mol. The lowest BCUT2D eigenvalue weighted by atomic mass is 9.95. The van der Waals surface area contributed by atoms with Crippen molar-refractivity contribution in [2.24, 2.45) is 0 Å². The Morgan fingerprint density at radius 3 is 2.46 bits per heavy atom. The third-order valence-corrected chi connectivity index (χ3v) is 6.43. The van der Waals surface area contributed by atoms with Crippen molar-refractivity contribution >= 4 is 17.4 Å². The van der Waals surface area contributed by atoms with Crippen LogP contribution in [0.2, 0.25) is 0 Å². The Balaban J connectivity index is 1.61. The van der Waals surface area contributed by atoms with E-state index in [-0.39, 0.29) is 11.3 Å². The van der Waals surface area contributed by atoms with E-state index in [9.17, 15) is 14.7 Å². The third-order valence-electron chi connectivity index (χ3n) is 6.43.